The zero-order valence-electron chi connectivity index (χ0n) is 20.3. The van der Waals surface area contributed by atoms with Gasteiger partial charge >= 0.3 is 0 Å². The molecular formula is C25H31FN4O4. The normalized spacial score (nSPS) is 15.8. The summed E-state index contributed by atoms with van der Waals surface area (Å²) in [5.74, 6) is 2.61. The molecule has 0 spiro atoms. The molecule has 2 heterocycles. The van der Waals surface area contributed by atoms with Gasteiger partial charge in [-0.15, -0.1) is 0 Å². The largest absolute Gasteiger partial charge is 0.493 e. The third kappa shape index (κ3) is 4.85. The van der Waals surface area contributed by atoms with Crippen LogP contribution >= 0.6 is 0 Å². The van der Waals surface area contributed by atoms with Gasteiger partial charge in [-0.25, -0.2) is 4.39 Å². The van der Waals surface area contributed by atoms with Crippen LogP contribution in [0.1, 0.15) is 30.0 Å². The van der Waals surface area contributed by atoms with E-state index in [-0.39, 0.29) is 11.9 Å². The molecule has 3 aromatic rings. The van der Waals surface area contributed by atoms with Gasteiger partial charge in [-0.05, 0) is 31.5 Å². The maximum Gasteiger partial charge on any atom is 0.244 e. The zero-order valence-corrected chi connectivity index (χ0v) is 20.3. The van der Waals surface area contributed by atoms with Crippen molar-refractivity contribution in [3.05, 3.63) is 53.2 Å². The fraction of sp³-hybridized carbons (Fsp3) is 0.440. The van der Waals surface area contributed by atoms with E-state index >= 15 is 0 Å². The van der Waals surface area contributed by atoms with E-state index in [1.165, 1.54) is 6.07 Å². The summed E-state index contributed by atoms with van der Waals surface area (Å²) < 4.78 is 36.0. The van der Waals surface area contributed by atoms with E-state index in [4.69, 9.17) is 18.7 Å². The van der Waals surface area contributed by atoms with Gasteiger partial charge in [0.15, 0.2) is 11.5 Å². The van der Waals surface area contributed by atoms with Crippen LogP contribution in [-0.4, -0.2) is 67.4 Å². The second-order valence-electron chi connectivity index (χ2n) is 8.40. The molecule has 1 fully saturated rings. The Morgan fingerprint density at radius 3 is 2.38 bits per heavy atom. The maximum absolute atomic E-state index is 13.9. The lowest BCUT2D eigenvalue weighted by atomic mass is 10.1. The molecule has 4 rings (SSSR count). The first-order valence-electron chi connectivity index (χ1n) is 11.3. The van der Waals surface area contributed by atoms with Gasteiger partial charge in [0.1, 0.15) is 5.82 Å². The minimum absolute atomic E-state index is 0.0330. The molecule has 0 aliphatic carbocycles. The molecule has 0 radical (unpaired) electrons. The molecule has 1 saturated heterocycles. The van der Waals surface area contributed by atoms with E-state index in [0.717, 1.165) is 38.3 Å². The van der Waals surface area contributed by atoms with E-state index in [1.807, 2.05) is 12.1 Å². The Bertz CT molecular complexity index is 1130. The molecule has 0 bridgehead atoms. The number of methoxy groups -OCH3 is 3. The van der Waals surface area contributed by atoms with Crippen LogP contribution in [0.3, 0.4) is 0 Å². The van der Waals surface area contributed by atoms with Crippen LogP contribution in [0, 0.1) is 12.7 Å². The number of aryl methyl sites for hydroxylation is 1. The average Bonchev–Trinajstić information content (AvgIpc) is 3.35. The van der Waals surface area contributed by atoms with E-state index in [1.54, 1.807) is 40.4 Å². The number of benzene rings is 2. The summed E-state index contributed by atoms with van der Waals surface area (Å²) >= 11 is 0. The summed E-state index contributed by atoms with van der Waals surface area (Å²) in [6.45, 7) is 8.00. The second-order valence-corrected chi connectivity index (χ2v) is 8.40. The number of nitrogens with zero attached hydrogens (tertiary/aromatic N) is 4. The van der Waals surface area contributed by atoms with Gasteiger partial charge in [0.2, 0.25) is 17.5 Å². The lowest BCUT2D eigenvalue weighted by Gasteiger charge is -2.37. The lowest BCUT2D eigenvalue weighted by molar-refractivity contribution is 0.0840. The van der Waals surface area contributed by atoms with Crippen LogP contribution in [0.4, 0.5) is 4.39 Å². The Hall–Kier alpha value is -3.17. The van der Waals surface area contributed by atoms with Crippen molar-refractivity contribution in [1.82, 2.24) is 19.9 Å². The van der Waals surface area contributed by atoms with Crippen molar-refractivity contribution in [1.29, 1.82) is 0 Å². The summed E-state index contributed by atoms with van der Waals surface area (Å²) in [4.78, 5) is 9.22. The predicted molar refractivity (Wildman–Crippen MR) is 126 cm³/mol. The van der Waals surface area contributed by atoms with Crippen molar-refractivity contribution >= 4 is 0 Å². The number of piperazine rings is 1. The molecule has 0 amide bonds. The molecule has 1 aromatic heterocycles. The first-order valence-corrected chi connectivity index (χ1v) is 11.3. The van der Waals surface area contributed by atoms with Crippen molar-refractivity contribution in [3.63, 3.8) is 0 Å². The highest BCUT2D eigenvalue weighted by Gasteiger charge is 2.27. The van der Waals surface area contributed by atoms with Crippen LogP contribution in [-0.2, 0) is 6.54 Å². The average molecular weight is 471 g/mol. The molecule has 0 N–H and O–H groups in total. The molecule has 0 saturated carbocycles. The van der Waals surface area contributed by atoms with E-state index in [2.05, 4.69) is 26.9 Å². The highest BCUT2D eigenvalue weighted by Crippen LogP contribution is 2.40. The third-order valence-corrected chi connectivity index (χ3v) is 6.36. The summed E-state index contributed by atoms with van der Waals surface area (Å²) in [6.07, 6.45) is 0. The molecule has 1 unspecified atom stereocenters. The number of aromatic nitrogens is 2. The van der Waals surface area contributed by atoms with Crippen LogP contribution < -0.4 is 14.2 Å². The van der Waals surface area contributed by atoms with Gasteiger partial charge < -0.3 is 18.7 Å². The van der Waals surface area contributed by atoms with E-state index < -0.39 is 0 Å². The molecule has 1 aliphatic rings. The molecule has 1 aliphatic heterocycles. The highest BCUT2D eigenvalue weighted by molar-refractivity contribution is 5.56. The van der Waals surface area contributed by atoms with Crippen molar-refractivity contribution in [3.8, 4) is 28.6 Å². The van der Waals surface area contributed by atoms with Crippen molar-refractivity contribution in [2.24, 2.45) is 0 Å². The maximum atomic E-state index is 13.9. The topological polar surface area (TPSA) is 73.1 Å². The van der Waals surface area contributed by atoms with Crippen LogP contribution in [0.25, 0.3) is 11.4 Å². The number of rotatable bonds is 8. The van der Waals surface area contributed by atoms with Gasteiger partial charge in [-0.1, -0.05) is 23.4 Å². The van der Waals surface area contributed by atoms with Crippen molar-refractivity contribution in [2.45, 2.75) is 26.4 Å². The molecule has 1 atom stereocenters. The molecule has 182 valence electrons. The van der Waals surface area contributed by atoms with E-state index in [9.17, 15) is 4.39 Å². The Morgan fingerprint density at radius 2 is 1.74 bits per heavy atom. The van der Waals surface area contributed by atoms with Crippen LogP contribution in [0.15, 0.2) is 34.9 Å². The Morgan fingerprint density at radius 1 is 1.00 bits per heavy atom. The number of ether oxygens (including phenoxy) is 3. The lowest BCUT2D eigenvalue weighted by Crippen LogP contribution is -2.46. The van der Waals surface area contributed by atoms with Crippen LogP contribution in [0.5, 0.6) is 17.2 Å². The minimum Gasteiger partial charge on any atom is -0.493 e. The quantitative estimate of drug-likeness (QED) is 0.488. The third-order valence-electron chi connectivity index (χ3n) is 6.36. The van der Waals surface area contributed by atoms with Gasteiger partial charge in [0.05, 0.1) is 27.4 Å². The number of halogens is 1. The monoisotopic (exact) mass is 470 g/mol. The van der Waals surface area contributed by atoms with E-state index in [0.29, 0.717) is 40.1 Å². The fourth-order valence-corrected chi connectivity index (χ4v) is 4.25. The number of hydrogen-bond acceptors (Lipinski definition) is 8. The summed E-state index contributed by atoms with van der Waals surface area (Å²) in [7, 11) is 4.87. The summed E-state index contributed by atoms with van der Waals surface area (Å²) in [5.41, 5.74) is 2.25. The van der Waals surface area contributed by atoms with Gasteiger partial charge in [-0.2, -0.15) is 4.98 Å². The predicted octanol–water partition coefficient (Wildman–Crippen LogP) is 4.09. The Labute approximate surface area is 199 Å². The van der Waals surface area contributed by atoms with Crippen molar-refractivity contribution < 1.29 is 23.1 Å². The molecule has 9 heteroatoms. The standard InChI is InChI=1S/C25H31FN4O4/c1-16-6-7-18(14-20(16)26)24-27-25(34-28-24)17(2)30-12-10-29(11-13-30)15-19-8-9-21(31-3)23(33-5)22(19)32-4/h6-9,14,17H,10-13,15H2,1-5H3. The van der Waals surface area contributed by atoms with Gasteiger partial charge in [-0.3, -0.25) is 9.80 Å². The first-order chi connectivity index (χ1) is 16.4. The Balaban J connectivity index is 1.39. The molecule has 2 aromatic carbocycles. The first kappa shape index (κ1) is 24.0. The Kier molecular flexibility index (Phi) is 7.33. The summed E-state index contributed by atoms with van der Waals surface area (Å²) in [5, 5.41) is 4.07. The molecule has 8 nitrogen and oxygen atoms in total. The smallest absolute Gasteiger partial charge is 0.244 e. The second kappa shape index (κ2) is 10.4. The van der Waals surface area contributed by atoms with Gasteiger partial charge in [0, 0.05) is 43.9 Å². The van der Waals surface area contributed by atoms with Gasteiger partial charge in [0.25, 0.3) is 0 Å². The van der Waals surface area contributed by atoms with Crippen LogP contribution in [0.2, 0.25) is 0 Å². The number of hydrogen-bond donors (Lipinski definition) is 0. The molecule has 34 heavy (non-hydrogen) atoms. The summed E-state index contributed by atoms with van der Waals surface area (Å²) in [6, 6.07) is 8.85. The SMILES string of the molecule is COc1ccc(CN2CCN(C(C)c3nc(-c4ccc(C)c(F)c4)no3)CC2)c(OC)c1OC. The highest BCUT2D eigenvalue weighted by atomic mass is 19.1. The fourth-order valence-electron chi connectivity index (χ4n) is 4.25. The zero-order chi connectivity index (χ0) is 24.2. The molecular weight excluding hydrogens is 439 g/mol. The van der Waals surface area contributed by atoms with Crippen molar-refractivity contribution in [2.75, 3.05) is 47.5 Å². The minimum atomic E-state index is -0.279.